The first-order chi connectivity index (χ1) is 32.7. The van der Waals surface area contributed by atoms with E-state index in [0.717, 1.165) is 44.9 Å². The molecule has 3 nitrogen and oxygen atoms in total. The molecule has 0 amide bonds. The Kier molecular flexibility index (Phi) is 8.82. The van der Waals surface area contributed by atoms with Crippen molar-refractivity contribution in [1.29, 1.82) is 0 Å². The molecular formula is C63H43N3. The Labute approximate surface area is 385 Å². The maximum absolute atomic E-state index is 5.41. The molecule has 1 unspecified atom stereocenters. The minimum absolute atomic E-state index is 0.250. The van der Waals surface area contributed by atoms with Gasteiger partial charge in [-0.1, -0.05) is 200 Å². The van der Waals surface area contributed by atoms with Gasteiger partial charge >= 0.3 is 0 Å². The molecule has 1 N–H and O–H groups in total. The SMILES string of the molecule is c1ccc(-c2ccc(C3=NC(c4cccc(-c5cccc(-c6ccc7c(c6)C6(c8ccccc8-7)c7ccccc7N(c7ccccc7)c7ccccc76)c5)c4)Nc4ccccc43)cc2)cc1. The molecule has 13 rings (SSSR count). The number of nitrogens with zero attached hydrogens (tertiary/aromatic N) is 2. The first-order valence-electron chi connectivity index (χ1n) is 22.8. The molecule has 310 valence electrons. The molecule has 0 fully saturated rings. The van der Waals surface area contributed by atoms with Crippen LogP contribution >= 0.6 is 0 Å². The summed E-state index contributed by atoms with van der Waals surface area (Å²) in [5.74, 6) is 0. The average molecular weight is 842 g/mol. The van der Waals surface area contributed by atoms with Gasteiger partial charge in [0.1, 0.15) is 6.17 Å². The van der Waals surface area contributed by atoms with E-state index in [9.17, 15) is 0 Å². The van der Waals surface area contributed by atoms with E-state index in [4.69, 9.17) is 4.99 Å². The van der Waals surface area contributed by atoms with Crippen LogP contribution in [0.5, 0.6) is 0 Å². The summed E-state index contributed by atoms with van der Waals surface area (Å²) >= 11 is 0. The summed E-state index contributed by atoms with van der Waals surface area (Å²) in [7, 11) is 0. The molecule has 2 aliphatic heterocycles. The highest BCUT2D eigenvalue weighted by Crippen LogP contribution is 2.63. The molecule has 3 heteroatoms. The Morgan fingerprint density at radius 3 is 1.58 bits per heavy atom. The molecule has 0 saturated carbocycles. The highest BCUT2D eigenvalue weighted by atomic mass is 15.2. The second-order valence-corrected chi connectivity index (χ2v) is 17.5. The molecule has 0 bridgehead atoms. The van der Waals surface area contributed by atoms with Crippen molar-refractivity contribution in [2.75, 3.05) is 10.2 Å². The van der Waals surface area contributed by atoms with Crippen molar-refractivity contribution in [3.05, 3.63) is 288 Å². The van der Waals surface area contributed by atoms with E-state index in [1.165, 1.54) is 67.0 Å². The minimum atomic E-state index is -0.513. The standard InChI is InChI=1S/C63H43N3/c1-3-17-42(18-4-1)43-33-35-44(36-34-43)61-53-26-8-12-30-58(53)64-62(65-61)49-22-16-21-47(40-49)45-19-15-20-46(39-45)48-37-38-52-51-25-7-9-27-54(51)63(57(52)41-48)55-28-10-13-31-59(55)66(50-23-5-2-6-24-50)60-32-14-11-29-56(60)63/h1-41,62,64H. The molecule has 3 aliphatic rings. The maximum atomic E-state index is 5.41. The van der Waals surface area contributed by atoms with Crippen molar-refractivity contribution in [1.82, 2.24) is 0 Å². The summed E-state index contributed by atoms with van der Waals surface area (Å²) in [6, 6.07) is 90.7. The van der Waals surface area contributed by atoms with Crippen molar-refractivity contribution in [2.45, 2.75) is 11.6 Å². The van der Waals surface area contributed by atoms with E-state index in [0.29, 0.717) is 0 Å². The monoisotopic (exact) mass is 841 g/mol. The van der Waals surface area contributed by atoms with Gasteiger partial charge in [0, 0.05) is 22.5 Å². The summed E-state index contributed by atoms with van der Waals surface area (Å²) in [5.41, 5.74) is 23.3. The van der Waals surface area contributed by atoms with Crippen molar-refractivity contribution in [2.24, 2.45) is 4.99 Å². The summed E-state index contributed by atoms with van der Waals surface area (Å²) in [5, 5.41) is 3.76. The van der Waals surface area contributed by atoms with Crippen LogP contribution in [0.4, 0.5) is 22.7 Å². The lowest BCUT2D eigenvalue weighted by Crippen LogP contribution is -2.36. The summed E-state index contributed by atoms with van der Waals surface area (Å²) in [4.78, 5) is 7.85. The van der Waals surface area contributed by atoms with E-state index in [1.807, 2.05) is 0 Å². The van der Waals surface area contributed by atoms with Gasteiger partial charge in [0.15, 0.2) is 0 Å². The van der Waals surface area contributed by atoms with E-state index >= 15 is 0 Å². The molecule has 66 heavy (non-hydrogen) atoms. The number of anilines is 4. The van der Waals surface area contributed by atoms with Crippen LogP contribution in [0.2, 0.25) is 0 Å². The Morgan fingerprint density at radius 1 is 0.348 bits per heavy atom. The van der Waals surface area contributed by atoms with Gasteiger partial charge < -0.3 is 10.2 Å². The Morgan fingerprint density at radius 2 is 0.848 bits per heavy atom. The number of nitrogens with one attached hydrogen (secondary N) is 1. The number of fused-ring (bicyclic) bond motifs is 10. The smallest absolute Gasteiger partial charge is 0.145 e. The lowest BCUT2D eigenvalue weighted by molar-refractivity contribution is 0.753. The van der Waals surface area contributed by atoms with E-state index in [2.05, 4.69) is 259 Å². The fourth-order valence-electron chi connectivity index (χ4n) is 10.9. The third-order valence-electron chi connectivity index (χ3n) is 13.9. The molecule has 2 heterocycles. The zero-order valence-corrected chi connectivity index (χ0v) is 36.1. The number of hydrogen-bond acceptors (Lipinski definition) is 3. The number of rotatable bonds is 6. The molecule has 0 aromatic heterocycles. The first kappa shape index (κ1) is 38.0. The van der Waals surface area contributed by atoms with Gasteiger partial charge in [-0.15, -0.1) is 0 Å². The summed E-state index contributed by atoms with van der Waals surface area (Å²) < 4.78 is 0. The third-order valence-corrected chi connectivity index (χ3v) is 13.9. The van der Waals surface area contributed by atoms with Crippen LogP contribution < -0.4 is 10.2 Å². The fourth-order valence-corrected chi connectivity index (χ4v) is 10.9. The Bertz CT molecular complexity index is 3470. The topological polar surface area (TPSA) is 27.6 Å². The van der Waals surface area contributed by atoms with Crippen LogP contribution in [0.3, 0.4) is 0 Å². The van der Waals surface area contributed by atoms with Crippen molar-refractivity contribution < 1.29 is 0 Å². The number of hydrogen-bond donors (Lipinski definition) is 1. The lowest BCUT2D eigenvalue weighted by atomic mass is 9.64. The van der Waals surface area contributed by atoms with Crippen LogP contribution in [0.1, 0.15) is 45.1 Å². The van der Waals surface area contributed by atoms with Crippen LogP contribution in [0, 0.1) is 0 Å². The Balaban J connectivity index is 0.894. The molecule has 1 spiro atoms. The molecule has 1 aliphatic carbocycles. The van der Waals surface area contributed by atoms with Gasteiger partial charge in [0.05, 0.1) is 22.5 Å². The van der Waals surface area contributed by atoms with Crippen molar-refractivity contribution in [3.8, 4) is 44.5 Å². The second kappa shape index (κ2) is 15.3. The van der Waals surface area contributed by atoms with E-state index < -0.39 is 5.41 Å². The highest BCUT2D eigenvalue weighted by Gasteiger charge is 2.51. The minimum Gasteiger partial charge on any atom is -0.360 e. The second-order valence-electron chi connectivity index (χ2n) is 17.5. The van der Waals surface area contributed by atoms with Crippen molar-refractivity contribution >= 4 is 28.5 Å². The normalized spacial score (nSPS) is 14.8. The van der Waals surface area contributed by atoms with E-state index in [-0.39, 0.29) is 6.17 Å². The summed E-state index contributed by atoms with van der Waals surface area (Å²) in [6.07, 6.45) is -0.250. The lowest BCUT2D eigenvalue weighted by Gasteiger charge is -2.45. The quantitative estimate of drug-likeness (QED) is 0.181. The zero-order chi connectivity index (χ0) is 43.6. The van der Waals surface area contributed by atoms with Gasteiger partial charge in [0.25, 0.3) is 0 Å². The maximum Gasteiger partial charge on any atom is 0.145 e. The molecule has 1 atom stereocenters. The fraction of sp³-hybridized carbons (Fsp3) is 0.0317. The Hall–Kier alpha value is -8.53. The van der Waals surface area contributed by atoms with Crippen LogP contribution in [0.15, 0.2) is 254 Å². The molecule has 0 radical (unpaired) electrons. The van der Waals surface area contributed by atoms with Gasteiger partial charge in [-0.2, -0.15) is 0 Å². The van der Waals surface area contributed by atoms with Crippen molar-refractivity contribution in [3.63, 3.8) is 0 Å². The van der Waals surface area contributed by atoms with Gasteiger partial charge in [0.2, 0.25) is 0 Å². The van der Waals surface area contributed by atoms with Crippen LogP contribution in [-0.2, 0) is 5.41 Å². The van der Waals surface area contributed by atoms with Gasteiger partial charge in [-0.3, -0.25) is 4.99 Å². The zero-order valence-electron chi connectivity index (χ0n) is 36.1. The third kappa shape index (κ3) is 5.94. The largest absolute Gasteiger partial charge is 0.360 e. The van der Waals surface area contributed by atoms with Crippen LogP contribution in [-0.4, -0.2) is 5.71 Å². The number of aliphatic imine (C=N–C) groups is 1. The first-order valence-corrected chi connectivity index (χ1v) is 22.8. The molecule has 10 aromatic carbocycles. The molecule has 0 saturated heterocycles. The highest BCUT2D eigenvalue weighted by molar-refractivity contribution is 6.17. The van der Waals surface area contributed by atoms with Gasteiger partial charge in [-0.05, 0) is 121 Å². The van der Waals surface area contributed by atoms with Crippen LogP contribution in [0.25, 0.3) is 44.5 Å². The molecular weight excluding hydrogens is 799 g/mol. The summed E-state index contributed by atoms with van der Waals surface area (Å²) in [6.45, 7) is 0. The van der Waals surface area contributed by atoms with Gasteiger partial charge in [-0.25, -0.2) is 0 Å². The predicted octanol–water partition coefficient (Wildman–Crippen LogP) is 15.8. The predicted molar refractivity (Wildman–Crippen MR) is 273 cm³/mol. The number of benzene rings is 10. The van der Waals surface area contributed by atoms with E-state index in [1.54, 1.807) is 0 Å². The average Bonchev–Trinajstić information content (AvgIpc) is 3.69. The molecule has 10 aromatic rings. The number of para-hydroxylation sites is 4.